The number of nitrogens with one attached hydrogen (secondary N) is 2. The molecule has 7 N–H and O–H groups in total. The van der Waals surface area contributed by atoms with Gasteiger partial charge in [-0.05, 0) is 68.5 Å². The highest BCUT2D eigenvalue weighted by Gasteiger charge is 2.70. The quantitative estimate of drug-likeness (QED) is 0.0921. The van der Waals surface area contributed by atoms with E-state index in [9.17, 15) is 36.7 Å². The molecule has 4 heterocycles. The number of phenolic OH excluding ortho intramolecular Hbond substituents is 1. The molecule has 1 saturated heterocycles. The number of fused-ring (bicyclic) bond motifs is 2. The standard InChI is InChI=1S/C39H35F11N8O2S/c40-17-11-19(31(52)54-13-17)22(3-4-38(45,46)47)55-33-25-28(56-34(57-33)60-16-35(5-6-35)15-58-9-7-36(8-10-58)14-37(36,43)44)27(42)24(26(29(25)59)39(48,49)50)18-1-2-21(41)30-23(18)20(12-51)32(53)61-30/h1-2,11,13,22,31,54,59H,3-10,14-16,52-53H2,(H,55,56,57)/t22-,31?/m1/s1. The van der Waals surface area contributed by atoms with Crippen LogP contribution in [-0.2, 0) is 6.18 Å². The third-order valence-corrected chi connectivity index (χ3v) is 13.1. The van der Waals surface area contributed by atoms with Gasteiger partial charge in [0.1, 0.15) is 45.4 Å². The van der Waals surface area contributed by atoms with Crippen LogP contribution in [0.3, 0.4) is 0 Å². The van der Waals surface area contributed by atoms with Crippen LogP contribution in [-0.4, -0.2) is 70.5 Å². The van der Waals surface area contributed by atoms with Crippen LogP contribution in [0, 0.1) is 33.8 Å². The Labute approximate surface area is 343 Å². The highest BCUT2D eigenvalue weighted by molar-refractivity contribution is 7.23. The first-order chi connectivity index (χ1) is 28.6. The number of likely N-dealkylation sites (tertiary alicyclic amines) is 1. The number of nitrogens with zero attached hydrogens (tertiary/aromatic N) is 4. The van der Waals surface area contributed by atoms with Gasteiger partial charge in [-0.15, -0.1) is 11.3 Å². The number of aromatic hydroxyl groups is 1. The van der Waals surface area contributed by atoms with Crippen LogP contribution in [0.2, 0.25) is 0 Å². The summed E-state index contributed by atoms with van der Waals surface area (Å²) in [5.41, 5.74) is 4.57. The molecule has 0 bridgehead atoms. The molecule has 8 rings (SSSR count). The average molecular weight is 889 g/mol. The number of benzene rings is 2. The van der Waals surface area contributed by atoms with Gasteiger partial charge in [-0.2, -0.15) is 41.6 Å². The summed E-state index contributed by atoms with van der Waals surface area (Å²) < 4.78 is 167. The summed E-state index contributed by atoms with van der Waals surface area (Å²) in [6.07, 6.45) is -10.9. The zero-order valence-corrected chi connectivity index (χ0v) is 32.4. The molecule has 22 heteroatoms. The number of aromatic nitrogens is 2. The van der Waals surface area contributed by atoms with Gasteiger partial charge in [0.2, 0.25) is 0 Å². The second kappa shape index (κ2) is 14.8. The molecule has 2 saturated carbocycles. The maximum Gasteiger partial charge on any atom is 0.420 e. The Balaban J connectivity index is 1.26. The van der Waals surface area contributed by atoms with E-state index in [0.717, 1.165) is 24.4 Å². The third-order valence-electron chi connectivity index (χ3n) is 12.1. The Hall–Kier alpha value is -5.14. The molecule has 4 aliphatic rings. The number of halogens is 11. The van der Waals surface area contributed by atoms with E-state index in [-0.39, 0.29) is 23.6 Å². The number of dihydropyridines is 1. The van der Waals surface area contributed by atoms with E-state index in [1.807, 2.05) is 4.90 Å². The summed E-state index contributed by atoms with van der Waals surface area (Å²) in [5.74, 6) is -8.98. The molecule has 0 radical (unpaired) electrons. The van der Waals surface area contributed by atoms with Crippen molar-refractivity contribution in [1.29, 1.82) is 5.26 Å². The molecule has 3 fully saturated rings. The summed E-state index contributed by atoms with van der Waals surface area (Å²) in [6, 6.07) is 0.826. The van der Waals surface area contributed by atoms with Gasteiger partial charge in [-0.3, -0.25) is 0 Å². The van der Waals surface area contributed by atoms with Crippen molar-refractivity contribution in [3.8, 4) is 29.0 Å². The van der Waals surface area contributed by atoms with Crippen molar-refractivity contribution in [1.82, 2.24) is 20.2 Å². The predicted octanol–water partition coefficient (Wildman–Crippen LogP) is 9.00. The number of nitriles is 1. The van der Waals surface area contributed by atoms with Crippen molar-refractivity contribution in [2.75, 3.05) is 37.3 Å². The molecule has 2 aromatic heterocycles. The van der Waals surface area contributed by atoms with Crippen LogP contribution in [0.1, 0.15) is 56.1 Å². The SMILES string of the molecule is N#Cc1c(N)sc2c(F)ccc(-c3c(C(F)(F)F)c(O)c4c(N[C@H](CCC(F)(F)F)C5=CC(F)=CNC5N)nc(OCC5(CN6CCC7(CC6)CC7(F)F)CC5)nc4c3F)c12. The van der Waals surface area contributed by atoms with Gasteiger partial charge in [0.05, 0.1) is 34.5 Å². The molecule has 326 valence electrons. The first kappa shape index (κ1) is 42.5. The number of ether oxygens (including phenoxy) is 1. The van der Waals surface area contributed by atoms with E-state index < -0.39 is 132 Å². The molecule has 10 nitrogen and oxygen atoms in total. The lowest BCUT2D eigenvalue weighted by molar-refractivity contribution is -0.138. The topological polar surface area (TPSA) is 158 Å². The van der Waals surface area contributed by atoms with E-state index in [4.69, 9.17) is 16.2 Å². The lowest BCUT2D eigenvalue weighted by Gasteiger charge is -2.34. The van der Waals surface area contributed by atoms with E-state index in [1.54, 1.807) is 6.07 Å². The summed E-state index contributed by atoms with van der Waals surface area (Å²) in [4.78, 5) is 10.2. The second-order valence-electron chi connectivity index (χ2n) is 16.1. The van der Waals surface area contributed by atoms with Crippen molar-refractivity contribution in [3.63, 3.8) is 0 Å². The zero-order chi connectivity index (χ0) is 44.0. The van der Waals surface area contributed by atoms with E-state index >= 15 is 22.0 Å². The van der Waals surface area contributed by atoms with Crippen LogP contribution in [0.15, 0.2) is 35.8 Å². The zero-order valence-electron chi connectivity index (χ0n) is 31.6. The van der Waals surface area contributed by atoms with Crippen LogP contribution in [0.4, 0.5) is 59.1 Å². The minimum atomic E-state index is -5.60. The molecular formula is C39H35F11N8O2S. The van der Waals surface area contributed by atoms with Crippen LogP contribution < -0.4 is 26.8 Å². The largest absolute Gasteiger partial charge is 0.506 e. The highest BCUT2D eigenvalue weighted by atomic mass is 32.1. The van der Waals surface area contributed by atoms with E-state index in [1.165, 1.54) is 0 Å². The molecule has 61 heavy (non-hydrogen) atoms. The monoisotopic (exact) mass is 888 g/mol. The summed E-state index contributed by atoms with van der Waals surface area (Å²) >= 11 is 0.518. The van der Waals surface area contributed by atoms with Crippen LogP contribution in [0.25, 0.3) is 32.1 Å². The number of alkyl halides is 8. The minimum absolute atomic E-state index is 0.161. The van der Waals surface area contributed by atoms with Crippen molar-refractivity contribution in [2.45, 2.75) is 75.4 Å². The van der Waals surface area contributed by atoms with Crippen molar-refractivity contribution in [2.24, 2.45) is 16.6 Å². The lowest BCUT2D eigenvalue weighted by Crippen LogP contribution is -2.44. The number of phenols is 1. The Morgan fingerprint density at radius 3 is 2.36 bits per heavy atom. The number of piperidine rings is 1. The number of rotatable bonds is 11. The highest BCUT2D eigenvalue weighted by Crippen LogP contribution is 2.66. The normalized spacial score (nSPS) is 21.1. The molecule has 0 amide bonds. The smallest absolute Gasteiger partial charge is 0.420 e. The fourth-order valence-corrected chi connectivity index (χ4v) is 9.40. The molecule has 2 aromatic carbocycles. The Bertz CT molecular complexity index is 2540. The number of hydrogen-bond donors (Lipinski definition) is 5. The van der Waals surface area contributed by atoms with Crippen molar-refractivity contribution >= 4 is 43.1 Å². The fraction of sp³-hybridized carbons (Fsp3) is 0.462. The number of nitrogen functional groups attached to an aromatic ring is 1. The fourth-order valence-electron chi connectivity index (χ4n) is 8.45. The summed E-state index contributed by atoms with van der Waals surface area (Å²) in [5, 5.41) is 24.6. The number of nitrogens with two attached hydrogens (primary N) is 2. The number of anilines is 2. The van der Waals surface area contributed by atoms with Gasteiger partial charge < -0.3 is 36.8 Å². The Kier molecular flexibility index (Phi) is 10.3. The Morgan fingerprint density at radius 2 is 1.75 bits per heavy atom. The van der Waals surface area contributed by atoms with E-state index in [0.29, 0.717) is 56.7 Å². The van der Waals surface area contributed by atoms with Gasteiger partial charge in [-0.25, -0.2) is 22.0 Å². The molecule has 4 aromatic rings. The molecule has 1 unspecified atom stereocenters. The number of allylic oxidation sites excluding steroid dienone is 2. The molecular weight excluding hydrogens is 854 g/mol. The predicted molar refractivity (Wildman–Crippen MR) is 202 cm³/mol. The lowest BCUT2D eigenvalue weighted by atomic mass is 9.91. The third kappa shape index (κ3) is 7.84. The molecule has 1 spiro atoms. The van der Waals surface area contributed by atoms with Gasteiger partial charge in [0, 0.05) is 47.4 Å². The molecule has 2 atom stereocenters. The summed E-state index contributed by atoms with van der Waals surface area (Å²) in [7, 11) is 0. The van der Waals surface area contributed by atoms with Crippen LogP contribution in [0.5, 0.6) is 11.8 Å². The van der Waals surface area contributed by atoms with Crippen LogP contribution >= 0.6 is 11.3 Å². The number of thiophene rings is 1. The first-order valence-electron chi connectivity index (χ1n) is 19.0. The van der Waals surface area contributed by atoms with Gasteiger partial charge in [0.15, 0.2) is 5.82 Å². The summed E-state index contributed by atoms with van der Waals surface area (Å²) in [6.45, 7) is 1.04. The van der Waals surface area contributed by atoms with Gasteiger partial charge in [-0.1, -0.05) is 6.07 Å². The number of hydrogen-bond acceptors (Lipinski definition) is 11. The van der Waals surface area contributed by atoms with E-state index in [2.05, 4.69) is 20.6 Å². The second-order valence-corrected chi connectivity index (χ2v) is 17.2. The van der Waals surface area contributed by atoms with Crippen molar-refractivity contribution < 1.29 is 58.1 Å². The molecule has 2 aliphatic carbocycles. The van der Waals surface area contributed by atoms with Gasteiger partial charge in [0.25, 0.3) is 5.92 Å². The maximum absolute atomic E-state index is 17.3. The Morgan fingerprint density at radius 1 is 1.07 bits per heavy atom. The van der Waals surface area contributed by atoms with Gasteiger partial charge >= 0.3 is 18.4 Å². The van der Waals surface area contributed by atoms with Crippen molar-refractivity contribution in [3.05, 3.63) is 58.6 Å². The average Bonchev–Trinajstić information content (AvgIpc) is 4.02. The maximum atomic E-state index is 17.3. The molecule has 2 aliphatic heterocycles. The minimum Gasteiger partial charge on any atom is -0.506 e. The first-order valence-corrected chi connectivity index (χ1v) is 19.8.